The third-order valence-electron chi connectivity index (χ3n) is 2.41. The van der Waals surface area contributed by atoms with Gasteiger partial charge in [-0.3, -0.25) is 0 Å². The van der Waals surface area contributed by atoms with Gasteiger partial charge in [0.15, 0.2) is 0 Å². The van der Waals surface area contributed by atoms with Crippen LogP contribution in [-0.2, 0) is 6.42 Å². The van der Waals surface area contributed by atoms with Crippen LogP contribution in [-0.4, -0.2) is 27.8 Å². The third kappa shape index (κ3) is 1.24. The van der Waals surface area contributed by atoms with Crippen LogP contribution >= 0.6 is 0 Å². The Balaban J connectivity index is 2.55. The molecule has 68 valence electrons. The maximum Gasteiger partial charge on any atom is 0.329 e. The summed E-state index contributed by atoms with van der Waals surface area (Å²) in [5, 5.41) is 0. The Bertz CT molecular complexity index is 366. The van der Waals surface area contributed by atoms with Gasteiger partial charge in [0, 0.05) is 6.42 Å². The lowest BCUT2D eigenvalue weighted by Crippen LogP contribution is -2.01. The van der Waals surface area contributed by atoms with Gasteiger partial charge < -0.3 is 0 Å². The van der Waals surface area contributed by atoms with Crippen LogP contribution in [0.15, 0.2) is 6.33 Å². The van der Waals surface area contributed by atoms with E-state index in [1.54, 1.807) is 6.33 Å². The fraction of sp³-hybridized carbons (Fsp3) is 0.500. The van der Waals surface area contributed by atoms with Crippen LogP contribution in [0.4, 0.5) is 5.82 Å². The molecule has 1 aromatic rings. The molecule has 0 N–H and O–H groups in total. The van der Waals surface area contributed by atoms with E-state index in [0.717, 1.165) is 12.2 Å². The molecule has 0 spiro atoms. The average molecular weight is 176 g/mol. The summed E-state index contributed by atoms with van der Waals surface area (Å²) >= 11 is 0. The Labute approximate surface area is 78.2 Å². The molecule has 0 amide bonds. The standard InChI is InChI=1S/C10H14N3/c1-7(2)9-8-4-5-13(3)10(8)12-6-11-9/h5-7H,4H2,1-3H3/q+1. The van der Waals surface area contributed by atoms with Gasteiger partial charge in [-0.15, -0.1) is 0 Å². The molecule has 0 saturated heterocycles. The second-order valence-corrected chi connectivity index (χ2v) is 3.71. The molecule has 3 nitrogen and oxygen atoms in total. The van der Waals surface area contributed by atoms with Crippen LogP contribution in [0.2, 0.25) is 0 Å². The van der Waals surface area contributed by atoms with E-state index in [4.69, 9.17) is 0 Å². The van der Waals surface area contributed by atoms with Gasteiger partial charge >= 0.3 is 5.82 Å². The first kappa shape index (κ1) is 8.35. The highest BCUT2D eigenvalue weighted by molar-refractivity contribution is 5.66. The SMILES string of the molecule is CC(C)c1ncnc2c1CC=[N+]2C. The number of aromatic nitrogens is 2. The zero-order chi connectivity index (χ0) is 9.42. The van der Waals surface area contributed by atoms with E-state index in [0.29, 0.717) is 5.92 Å². The topological polar surface area (TPSA) is 28.8 Å². The molecule has 0 aliphatic carbocycles. The highest BCUT2D eigenvalue weighted by Gasteiger charge is 2.24. The zero-order valence-corrected chi connectivity index (χ0v) is 8.28. The maximum atomic E-state index is 4.33. The van der Waals surface area contributed by atoms with Crippen molar-refractivity contribution in [2.24, 2.45) is 0 Å². The van der Waals surface area contributed by atoms with Crippen molar-refractivity contribution in [1.82, 2.24) is 9.97 Å². The first-order valence-corrected chi connectivity index (χ1v) is 4.60. The van der Waals surface area contributed by atoms with Crippen LogP contribution in [0.5, 0.6) is 0 Å². The second-order valence-electron chi connectivity index (χ2n) is 3.71. The average Bonchev–Trinajstić information content (AvgIpc) is 2.48. The van der Waals surface area contributed by atoms with Gasteiger partial charge in [0.25, 0.3) is 0 Å². The van der Waals surface area contributed by atoms with Crippen LogP contribution in [0, 0.1) is 0 Å². The van der Waals surface area contributed by atoms with E-state index in [-0.39, 0.29) is 0 Å². The van der Waals surface area contributed by atoms with E-state index in [2.05, 4.69) is 34.6 Å². The summed E-state index contributed by atoms with van der Waals surface area (Å²) in [5.74, 6) is 1.55. The first-order valence-electron chi connectivity index (χ1n) is 4.60. The summed E-state index contributed by atoms with van der Waals surface area (Å²) in [7, 11) is 2.03. The highest BCUT2D eigenvalue weighted by Crippen LogP contribution is 2.26. The monoisotopic (exact) mass is 176 g/mol. The Hall–Kier alpha value is -1.25. The molecular formula is C10H14N3+. The summed E-state index contributed by atoms with van der Waals surface area (Å²) in [6.07, 6.45) is 4.77. The van der Waals surface area contributed by atoms with Crippen molar-refractivity contribution < 1.29 is 4.58 Å². The van der Waals surface area contributed by atoms with E-state index in [9.17, 15) is 0 Å². The predicted octanol–water partition coefficient (Wildman–Crippen LogP) is 1.50. The highest BCUT2D eigenvalue weighted by atomic mass is 15.1. The Morgan fingerprint density at radius 3 is 2.85 bits per heavy atom. The summed E-state index contributed by atoms with van der Waals surface area (Å²) < 4.78 is 2.07. The lowest BCUT2D eigenvalue weighted by Gasteiger charge is -2.05. The van der Waals surface area contributed by atoms with Crippen LogP contribution in [0.3, 0.4) is 0 Å². The molecule has 1 aromatic heterocycles. The van der Waals surface area contributed by atoms with Crippen molar-refractivity contribution >= 4 is 12.0 Å². The van der Waals surface area contributed by atoms with Crippen LogP contribution in [0.1, 0.15) is 31.0 Å². The Morgan fingerprint density at radius 2 is 2.15 bits per heavy atom. The maximum absolute atomic E-state index is 4.33. The molecule has 0 unspecified atom stereocenters. The largest absolute Gasteiger partial charge is 0.329 e. The first-order chi connectivity index (χ1) is 6.20. The normalized spacial score (nSPS) is 14.6. The minimum atomic E-state index is 0.483. The van der Waals surface area contributed by atoms with Crippen molar-refractivity contribution in [3.63, 3.8) is 0 Å². The molecule has 2 rings (SSSR count). The summed E-state index contributed by atoms with van der Waals surface area (Å²) in [6.45, 7) is 4.34. The molecule has 0 aromatic carbocycles. The van der Waals surface area contributed by atoms with Gasteiger partial charge in [-0.2, -0.15) is 0 Å². The summed E-state index contributed by atoms with van der Waals surface area (Å²) in [5.41, 5.74) is 2.48. The van der Waals surface area contributed by atoms with Gasteiger partial charge in [0.1, 0.15) is 0 Å². The molecule has 1 aliphatic rings. The van der Waals surface area contributed by atoms with Gasteiger partial charge in [-0.25, -0.2) is 9.56 Å². The fourth-order valence-electron chi connectivity index (χ4n) is 1.73. The van der Waals surface area contributed by atoms with E-state index < -0.39 is 0 Å². The van der Waals surface area contributed by atoms with E-state index >= 15 is 0 Å². The smallest absolute Gasteiger partial charge is 0.237 e. The lowest BCUT2D eigenvalue weighted by molar-refractivity contribution is -0.401. The van der Waals surface area contributed by atoms with Crippen LogP contribution < -0.4 is 0 Å². The van der Waals surface area contributed by atoms with E-state index in [1.807, 2.05) is 7.05 Å². The quantitative estimate of drug-likeness (QED) is 0.607. The van der Waals surface area contributed by atoms with Gasteiger partial charge in [-0.05, 0) is 10.9 Å². The molecule has 0 fully saturated rings. The molecule has 0 radical (unpaired) electrons. The molecule has 2 heterocycles. The lowest BCUT2D eigenvalue weighted by atomic mass is 10.0. The number of hydrogen-bond acceptors (Lipinski definition) is 2. The van der Waals surface area contributed by atoms with Crippen molar-refractivity contribution in [1.29, 1.82) is 0 Å². The van der Waals surface area contributed by atoms with Gasteiger partial charge in [0.05, 0.1) is 24.5 Å². The number of fused-ring (bicyclic) bond motifs is 1. The zero-order valence-electron chi connectivity index (χ0n) is 8.28. The third-order valence-corrected chi connectivity index (χ3v) is 2.41. The summed E-state index contributed by atoms with van der Waals surface area (Å²) in [6, 6.07) is 0. The molecule has 3 heteroatoms. The van der Waals surface area contributed by atoms with Crippen molar-refractivity contribution in [3.8, 4) is 0 Å². The summed E-state index contributed by atoms with van der Waals surface area (Å²) in [4.78, 5) is 8.59. The molecule has 1 aliphatic heterocycles. The number of rotatable bonds is 1. The molecule has 0 saturated carbocycles. The number of hydrogen-bond donors (Lipinski definition) is 0. The fourth-order valence-corrected chi connectivity index (χ4v) is 1.73. The second kappa shape index (κ2) is 2.91. The van der Waals surface area contributed by atoms with E-state index in [1.165, 1.54) is 11.3 Å². The van der Waals surface area contributed by atoms with Crippen LogP contribution in [0.25, 0.3) is 0 Å². The Morgan fingerprint density at radius 1 is 1.38 bits per heavy atom. The molecular weight excluding hydrogens is 162 g/mol. The molecule has 13 heavy (non-hydrogen) atoms. The molecule has 0 bridgehead atoms. The van der Waals surface area contributed by atoms with Gasteiger partial charge in [0.2, 0.25) is 6.33 Å². The molecule has 0 atom stereocenters. The van der Waals surface area contributed by atoms with Crippen molar-refractivity contribution in [2.45, 2.75) is 26.2 Å². The van der Waals surface area contributed by atoms with Crippen molar-refractivity contribution in [3.05, 3.63) is 17.6 Å². The predicted molar refractivity (Wildman–Crippen MR) is 51.7 cm³/mol. The Kier molecular flexibility index (Phi) is 1.87. The van der Waals surface area contributed by atoms with Crippen molar-refractivity contribution in [2.75, 3.05) is 7.05 Å². The number of nitrogens with zero attached hydrogens (tertiary/aromatic N) is 3. The minimum Gasteiger partial charge on any atom is -0.237 e. The minimum absolute atomic E-state index is 0.483. The van der Waals surface area contributed by atoms with Gasteiger partial charge in [-0.1, -0.05) is 13.8 Å².